The van der Waals surface area contributed by atoms with E-state index in [1.165, 1.54) is 5.01 Å². The Hall–Kier alpha value is -0.930. The first kappa shape index (κ1) is 15.0. The van der Waals surface area contributed by atoms with Gasteiger partial charge in [-0.2, -0.15) is 38.5 Å². The van der Waals surface area contributed by atoms with Crippen LogP contribution in [0.2, 0.25) is 0 Å². The number of aromatic nitrogens is 3. The van der Waals surface area contributed by atoms with Crippen molar-refractivity contribution in [3.8, 4) is 0 Å². The maximum Gasteiger partial charge on any atom is 0.246 e. The molecule has 0 radical (unpaired) electrons. The van der Waals surface area contributed by atoms with Crippen LogP contribution in [0.4, 0.5) is 17.8 Å². The Morgan fingerprint density at radius 2 is 1.29 bits per heavy atom. The first-order chi connectivity index (χ1) is 10.2. The standard InChI is InChI=1S/C12H21N7S2/c1-17(13)10-14-11(18-2-6-20-7-3-18)16-12(15-10)19-4-8-21-9-5-19/h2-9,13H2,1H3. The molecule has 0 amide bonds. The fraction of sp³-hybridized carbons (Fsp3) is 0.750. The second-order valence-electron chi connectivity index (χ2n) is 5.05. The van der Waals surface area contributed by atoms with Crippen molar-refractivity contribution in [2.45, 2.75) is 0 Å². The van der Waals surface area contributed by atoms with Gasteiger partial charge in [0.25, 0.3) is 0 Å². The summed E-state index contributed by atoms with van der Waals surface area (Å²) in [6, 6.07) is 0. The third kappa shape index (κ3) is 3.64. The second-order valence-corrected chi connectivity index (χ2v) is 7.49. The van der Waals surface area contributed by atoms with Gasteiger partial charge in [-0.1, -0.05) is 0 Å². The number of nitrogens with zero attached hydrogens (tertiary/aromatic N) is 6. The molecular weight excluding hydrogens is 306 g/mol. The van der Waals surface area contributed by atoms with Gasteiger partial charge in [-0.15, -0.1) is 0 Å². The van der Waals surface area contributed by atoms with Crippen LogP contribution < -0.4 is 20.7 Å². The van der Waals surface area contributed by atoms with Crippen molar-refractivity contribution in [3.63, 3.8) is 0 Å². The molecule has 0 aliphatic carbocycles. The van der Waals surface area contributed by atoms with Gasteiger partial charge in [-0.3, -0.25) is 5.01 Å². The van der Waals surface area contributed by atoms with E-state index in [2.05, 4.69) is 19.8 Å². The number of nitrogens with two attached hydrogens (primary N) is 1. The van der Waals surface area contributed by atoms with E-state index in [1.54, 1.807) is 7.05 Å². The molecule has 0 bridgehead atoms. The lowest BCUT2D eigenvalue weighted by Crippen LogP contribution is -2.38. The predicted octanol–water partition coefficient (Wildman–Crippen LogP) is 0.288. The van der Waals surface area contributed by atoms with Gasteiger partial charge in [0.15, 0.2) is 0 Å². The third-order valence-corrected chi connectivity index (χ3v) is 5.39. The van der Waals surface area contributed by atoms with E-state index in [-0.39, 0.29) is 0 Å². The molecule has 2 aliphatic rings. The molecule has 3 rings (SSSR count). The zero-order chi connectivity index (χ0) is 14.7. The Morgan fingerprint density at radius 1 is 0.857 bits per heavy atom. The fourth-order valence-corrected chi connectivity index (χ4v) is 4.12. The van der Waals surface area contributed by atoms with Crippen molar-refractivity contribution in [1.29, 1.82) is 0 Å². The van der Waals surface area contributed by atoms with E-state index < -0.39 is 0 Å². The number of anilines is 3. The highest BCUT2D eigenvalue weighted by atomic mass is 32.2. The molecule has 0 saturated carbocycles. The number of hydrogen-bond donors (Lipinski definition) is 1. The van der Waals surface area contributed by atoms with Crippen molar-refractivity contribution in [2.75, 3.05) is 71.0 Å². The minimum absolute atomic E-state index is 0.534. The number of hydrazine groups is 1. The summed E-state index contributed by atoms with van der Waals surface area (Å²) in [4.78, 5) is 18.2. The van der Waals surface area contributed by atoms with Gasteiger partial charge >= 0.3 is 0 Å². The number of thioether (sulfide) groups is 2. The van der Waals surface area contributed by atoms with E-state index in [0.29, 0.717) is 5.95 Å². The average Bonchev–Trinajstić information content (AvgIpc) is 2.56. The maximum absolute atomic E-state index is 5.85. The summed E-state index contributed by atoms with van der Waals surface area (Å²) in [6.07, 6.45) is 0. The summed E-state index contributed by atoms with van der Waals surface area (Å²) in [5.41, 5.74) is 0. The van der Waals surface area contributed by atoms with Crippen molar-refractivity contribution < 1.29 is 0 Å². The average molecular weight is 327 g/mol. The zero-order valence-corrected chi connectivity index (χ0v) is 13.9. The SMILES string of the molecule is CN(N)c1nc(N2CCSCC2)nc(N2CCSCC2)n1. The van der Waals surface area contributed by atoms with Crippen molar-refractivity contribution >= 4 is 41.4 Å². The van der Waals surface area contributed by atoms with Crippen molar-refractivity contribution in [1.82, 2.24) is 15.0 Å². The second kappa shape index (κ2) is 6.89. The van der Waals surface area contributed by atoms with Crippen LogP contribution in [0, 0.1) is 0 Å². The largest absolute Gasteiger partial charge is 0.339 e. The summed E-state index contributed by atoms with van der Waals surface area (Å²) >= 11 is 3.95. The molecule has 2 saturated heterocycles. The zero-order valence-electron chi connectivity index (χ0n) is 12.2. The molecule has 2 N–H and O–H groups in total. The number of hydrogen-bond acceptors (Lipinski definition) is 9. The highest BCUT2D eigenvalue weighted by molar-refractivity contribution is 7.99. The summed E-state index contributed by atoms with van der Waals surface area (Å²) in [5.74, 6) is 12.4. The molecular formula is C12H21N7S2. The smallest absolute Gasteiger partial charge is 0.246 e. The lowest BCUT2D eigenvalue weighted by atomic mass is 10.5. The van der Waals surface area contributed by atoms with Crippen LogP contribution in [0.25, 0.3) is 0 Å². The molecule has 21 heavy (non-hydrogen) atoms. The molecule has 2 aliphatic heterocycles. The molecule has 3 heterocycles. The molecule has 2 fully saturated rings. The Kier molecular flexibility index (Phi) is 4.91. The third-order valence-electron chi connectivity index (χ3n) is 3.50. The molecule has 7 nitrogen and oxygen atoms in total. The van der Waals surface area contributed by atoms with E-state index in [0.717, 1.165) is 61.1 Å². The summed E-state index contributed by atoms with van der Waals surface area (Å²) < 4.78 is 0. The molecule has 0 spiro atoms. The Morgan fingerprint density at radius 3 is 1.67 bits per heavy atom. The first-order valence-corrected chi connectivity index (χ1v) is 9.45. The van der Waals surface area contributed by atoms with Crippen LogP contribution in [0.1, 0.15) is 0 Å². The molecule has 9 heteroatoms. The van der Waals surface area contributed by atoms with E-state index >= 15 is 0 Å². The van der Waals surface area contributed by atoms with Gasteiger partial charge in [-0.25, -0.2) is 5.84 Å². The van der Waals surface area contributed by atoms with Gasteiger partial charge < -0.3 is 9.80 Å². The Balaban J connectivity index is 1.89. The summed E-state index contributed by atoms with van der Waals surface area (Å²) in [6.45, 7) is 3.94. The maximum atomic E-state index is 5.85. The Bertz CT molecular complexity index is 436. The highest BCUT2D eigenvalue weighted by Gasteiger charge is 2.21. The quantitative estimate of drug-likeness (QED) is 0.622. The van der Waals surface area contributed by atoms with E-state index in [9.17, 15) is 0 Å². The lowest BCUT2D eigenvalue weighted by Gasteiger charge is -2.30. The van der Waals surface area contributed by atoms with Gasteiger partial charge in [0, 0.05) is 56.2 Å². The normalized spacial score (nSPS) is 19.7. The molecule has 0 unspecified atom stereocenters. The topological polar surface area (TPSA) is 74.4 Å². The molecule has 116 valence electrons. The van der Waals surface area contributed by atoms with Gasteiger partial charge in [0.2, 0.25) is 17.8 Å². The number of rotatable bonds is 3. The van der Waals surface area contributed by atoms with Crippen LogP contribution in [0.5, 0.6) is 0 Å². The van der Waals surface area contributed by atoms with E-state index in [1.807, 2.05) is 23.5 Å². The van der Waals surface area contributed by atoms with Gasteiger partial charge in [-0.05, 0) is 0 Å². The van der Waals surface area contributed by atoms with Gasteiger partial charge in [0.1, 0.15) is 0 Å². The lowest BCUT2D eigenvalue weighted by molar-refractivity contribution is 0.762. The minimum Gasteiger partial charge on any atom is -0.339 e. The molecule has 0 atom stereocenters. The van der Waals surface area contributed by atoms with Crippen LogP contribution in [-0.2, 0) is 0 Å². The molecule has 1 aromatic heterocycles. The van der Waals surface area contributed by atoms with Crippen molar-refractivity contribution in [3.05, 3.63) is 0 Å². The van der Waals surface area contributed by atoms with Crippen LogP contribution in [0.3, 0.4) is 0 Å². The van der Waals surface area contributed by atoms with Crippen LogP contribution >= 0.6 is 23.5 Å². The van der Waals surface area contributed by atoms with Crippen LogP contribution in [-0.4, -0.2) is 71.2 Å². The highest BCUT2D eigenvalue weighted by Crippen LogP contribution is 2.22. The van der Waals surface area contributed by atoms with E-state index in [4.69, 9.17) is 10.8 Å². The molecule has 1 aromatic rings. The fourth-order valence-electron chi connectivity index (χ4n) is 2.31. The summed E-state index contributed by atoms with van der Waals surface area (Å²) in [5, 5.41) is 1.46. The minimum atomic E-state index is 0.534. The van der Waals surface area contributed by atoms with Gasteiger partial charge in [0.05, 0.1) is 0 Å². The van der Waals surface area contributed by atoms with Crippen LogP contribution in [0.15, 0.2) is 0 Å². The monoisotopic (exact) mass is 327 g/mol. The molecule has 0 aromatic carbocycles. The first-order valence-electron chi connectivity index (χ1n) is 7.14. The summed E-state index contributed by atoms with van der Waals surface area (Å²) in [7, 11) is 1.76. The Labute approximate surface area is 133 Å². The van der Waals surface area contributed by atoms with Crippen molar-refractivity contribution in [2.24, 2.45) is 5.84 Å². The predicted molar refractivity (Wildman–Crippen MR) is 91.5 cm³/mol.